The minimum Gasteiger partial charge on any atom is -0.465 e. The Bertz CT molecular complexity index is 595. The first-order valence-corrected chi connectivity index (χ1v) is 5.97. The standard InChI is InChI=1S/C12H10BrF2NO2/c1-18-12(17)9-5-16(6-11(14)15)10-3-2-7(13)4-8(9)10/h2-5,11H,6H2,1H3. The topological polar surface area (TPSA) is 31.2 Å². The maximum atomic E-state index is 12.5. The highest BCUT2D eigenvalue weighted by atomic mass is 79.9. The van der Waals surface area contributed by atoms with Gasteiger partial charge in [-0.3, -0.25) is 0 Å². The highest BCUT2D eigenvalue weighted by Gasteiger charge is 2.17. The highest BCUT2D eigenvalue weighted by Crippen LogP contribution is 2.26. The van der Waals surface area contributed by atoms with Gasteiger partial charge in [-0.05, 0) is 18.2 Å². The number of hydrogen-bond acceptors (Lipinski definition) is 2. The van der Waals surface area contributed by atoms with Crippen LogP contribution in [0.25, 0.3) is 10.9 Å². The summed E-state index contributed by atoms with van der Waals surface area (Å²) < 4.78 is 31.7. The second-order valence-corrected chi connectivity index (χ2v) is 4.65. The number of rotatable bonds is 3. The van der Waals surface area contributed by atoms with E-state index in [9.17, 15) is 13.6 Å². The van der Waals surface area contributed by atoms with E-state index in [2.05, 4.69) is 20.7 Å². The minimum absolute atomic E-state index is 0.287. The second-order valence-electron chi connectivity index (χ2n) is 3.74. The number of benzene rings is 1. The molecule has 0 aliphatic carbocycles. The molecule has 0 amide bonds. The van der Waals surface area contributed by atoms with Gasteiger partial charge in [0.05, 0.1) is 19.2 Å². The molecular weight excluding hydrogens is 308 g/mol. The van der Waals surface area contributed by atoms with E-state index in [0.29, 0.717) is 10.9 Å². The lowest BCUT2D eigenvalue weighted by Gasteiger charge is -2.03. The molecule has 0 aliphatic rings. The van der Waals surface area contributed by atoms with Gasteiger partial charge < -0.3 is 9.30 Å². The maximum Gasteiger partial charge on any atom is 0.340 e. The lowest BCUT2D eigenvalue weighted by atomic mass is 10.2. The van der Waals surface area contributed by atoms with Gasteiger partial charge in [-0.1, -0.05) is 15.9 Å². The number of carbonyl (C=O) groups excluding carboxylic acids is 1. The van der Waals surface area contributed by atoms with E-state index in [0.717, 1.165) is 4.47 Å². The van der Waals surface area contributed by atoms with Gasteiger partial charge in [-0.15, -0.1) is 0 Å². The van der Waals surface area contributed by atoms with E-state index < -0.39 is 18.9 Å². The van der Waals surface area contributed by atoms with E-state index in [1.165, 1.54) is 17.9 Å². The van der Waals surface area contributed by atoms with Crippen LogP contribution in [0.5, 0.6) is 0 Å². The van der Waals surface area contributed by atoms with Crippen LogP contribution in [0.15, 0.2) is 28.9 Å². The number of esters is 1. The predicted molar refractivity (Wildman–Crippen MR) is 67.0 cm³/mol. The molecule has 0 saturated heterocycles. The molecule has 0 unspecified atom stereocenters. The summed E-state index contributed by atoms with van der Waals surface area (Å²) in [5.41, 5.74) is 0.869. The first-order chi connectivity index (χ1) is 8.52. The molecule has 96 valence electrons. The zero-order valence-corrected chi connectivity index (χ0v) is 11.1. The molecule has 18 heavy (non-hydrogen) atoms. The molecule has 3 nitrogen and oxygen atoms in total. The summed E-state index contributed by atoms with van der Waals surface area (Å²) in [5, 5.41) is 0.594. The quantitative estimate of drug-likeness (QED) is 0.812. The minimum atomic E-state index is -2.48. The molecule has 1 aromatic carbocycles. The summed E-state index contributed by atoms with van der Waals surface area (Å²) >= 11 is 3.29. The summed E-state index contributed by atoms with van der Waals surface area (Å²) in [7, 11) is 1.26. The van der Waals surface area contributed by atoms with Crippen molar-refractivity contribution < 1.29 is 18.3 Å². The molecule has 0 saturated carbocycles. The van der Waals surface area contributed by atoms with Crippen LogP contribution < -0.4 is 0 Å². The fourth-order valence-electron chi connectivity index (χ4n) is 1.84. The highest BCUT2D eigenvalue weighted by molar-refractivity contribution is 9.10. The van der Waals surface area contributed by atoms with E-state index in [1.54, 1.807) is 18.2 Å². The molecule has 0 bridgehead atoms. The summed E-state index contributed by atoms with van der Waals surface area (Å²) in [6.07, 6.45) is -1.08. The van der Waals surface area contributed by atoms with Crippen molar-refractivity contribution >= 4 is 32.8 Å². The van der Waals surface area contributed by atoms with Crippen LogP contribution in [0, 0.1) is 0 Å². The second kappa shape index (κ2) is 5.06. The van der Waals surface area contributed by atoms with Gasteiger partial charge in [-0.2, -0.15) is 0 Å². The molecule has 0 aliphatic heterocycles. The Morgan fingerprint density at radius 3 is 2.83 bits per heavy atom. The van der Waals surface area contributed by atoms with Gasteiger partial charge in [0.25, 0.3) is 6.43 Å². The molecule has 2 rings (SSSR count). The van der Waals surface area contributed by atoms with Crippen molar-refractivity contribution in [3.63, 3.8) is 0 Å². The Labute approximate surface area is 110 Å². The number of carbonyl (C=O) groups is 1. The Kier molecular flexibility index (Phi) is 3.65. The smallest absolute Gasteiger partial charge is 0.340 e. The van der Waals surface area contributed by atoms with Crippen molar-refractivity contribution in [2.75, 3.05) is 7.11 Å². The first-order valence-electron chi connectivity index (χ1n) is 5.17. The van der Waals surface area contributed by atoms with Crippen LogP contribution in [0.2, 0.25) is 0 Å². The van der Waals surface area contributed by atoms with Crippen LogP contribution in [0.1, 0.15) is 10.4 Å². The summed E-state index contributed by atoms with van der Waals surface area (Å²) in [5.74, 6) is -0.536. The SMILES string of the molecule is COC(=O)c1cn(CC(F)F)c2ccc(Br)cc12. The molecule has 2 aromatic rings. The fraction of sp³-hybridized carbons (Fsp3) is 0.250. The van der Waals surface area contributed by atoms with Crippen molar-refractivity contribution in [1.82, 2.24) is 4.57 Å². The van der Waals surface area contributed by atoms with Crippen LogP contribution in [0.3, 0.4) is 0 Å². The molecule has 6 heteroatoms. The Hall–Kier alpha value is -1.43. The van der Waals surface area contributed by atoms with Gasteiger partial charge in [-0.25, -0.2) is 13.6 Å². The number of nitrogens with zero attached hydrogens (tertiary/aromatic N) is 1. The van der Waals surface area contributed by atoms with Gasteiger partial charge in [0.15, 0.2) is 0 Å². The van der Waals surface area contributed by atoms with Crippen LogP contribution in [0.4, 0.5) is 8.78 Å². The zero-order chi connectivity index (χ0) is 13.3. The normalized spacial score (nSPS) is 11.2. The number of hydrogen-bond donors (Lipinski definition) is 0. The lowest BCUT2D eigenvalue weighted by molar-refractivity contribution is 0.0602. The van der Waals surface area contributed by atoms with Crippen molar-refractivity contribution in [3.05, 3.63) is 34.4 Å². The molecule has 0 radical (unpaired) electrons. The molecule has 0 spiro atoms. The third kappa shape index (κ3) is 2.38. The summed E-state index contributed by atoms with van der Waals surface area (Å²) in [6, 6.07) is 5.14. The van der Waals surface area contributed by atoms with E-state index >= 15 is 0 Å². The Balaban J connectivity index is 2.63. The van der Waals surface area contributed by atoms with Gasteiger partial charge in [0.1, 0.15) is 0 Å². The molecule has 0 N–H and O–H groups in total. The molecular formula is C12H10BrF2NO2. The van der Waals surface area contributed by atoms with E-state index in [1.807, 2.05) is 0 Å². The fourth-order valence-corrected chi connectivity index (χ4v) is 2.20. The number of halogens is 3. The van der Waals surface area contributed by atoms with Gasteiger partial charge in [0.2, 0.25) is 0 Å². The predicted octanol–water partition coefficient (Wildman–Crippen LogP) is 3.46. The average molecular weight is 318 g/mol. The first kappa shape index (κ1) is 13.0. The molecule has 0 fully saturated rings. The molecule has 1 aromatic heterocycles. The lowest BCUT2D eigenvalue weighted by Crippen LogP contribution is -2.05. The largest absolute Gasteiger partial charge is 0.465 e. The number of fused-ring (bicyclic) bond motifs is 1. The number of aromatic nitrogens is 1. The van der Waals surface area contributed by atoms with Crippen LogP contribution in [-0.4, -0.2) is 24.1 Å². The number of alkyl halides is 2. The third-order valence-electron chi connectivity index (χ3n) is 2.58. The summed E-state index contributed by atoms with van der Waals surface area (Å²) in [4.78, 5) is 11.6. The van der Waals surface area contributed by atoms with Gasteiger partial charge >= 0.3 is 5.97 Å². The van der Waals surface area contributed by atoms with E-state index in [-0.39, 0.29) is 5.56 Å². The van der Waals surface area contributed by atoms with Crippen molar-refractivity contribution in [2.45, 2.75) is 13.0 Å². The number of methoxy groups -OCH3 is 1. The number of ether oxygens (including phenoxy) is 1. The average Bonchev–Trinajstić information content (AvgIpc) is 2.65. The summed E-state index contributed by atoms with van der Waals surface area (Å²) in [6.45, 7) is -0.449. The third-order valence-corrected chi connectivity index (χ3v) is 3.08. The molecule has 0 atom stereocenters. The van der Waals surface area contributed by atoms with Crippen molar-refractivity contribution in [3.8, 4) is 0 Å². The van der Waals surface area contributed by atoms with Crippen LogP contribution >= 0.6 is 15.9 Å². The monoisotopic (exact) mass is 317 g/mol. The Morgan fingerprint density at radius 2 is 2.22 bits per heavy atom. The van der Waals surface area contributed by atoms with Crippen molar-refractivity contribution in [1.29, 1.82) is 0 Å². The maximum absolute atomic E-state index is 12.5. The van der Waals surface area contributed by atoms with Gasteiger partial charge in [0, 0.05) is 21.6 Å². The zero-order valence-electron chi connectivity index (χ0n) is 9.49. The van der Waals surface area contributed by atoms with Crippen molar-refractivity contribution in [2.24, 2.45) is 0 Å². The van der Waals surface area contributed by atoms with E-state index in [4.69, 9.17) is 0 Å². The van der Waals surface area contributed by atoms with Crippen LogP contribution in [-0.2, 0) is 11.3 Å². The molecule has 1 heterocycles. The Morgan fingerprint density at radius 1 is 1.50 bits per heavy atom.